The summed E-state index contributed by atoms with van der Waals surface area (Å²) in [7, 11) is 1.59. The van der Waals surface area contributed by atoms with Gasteiger partial charge in [0.25, 0.3) is 5.91 Å². The Labute approximate surface area is 160 Å². The minimum atomic E-state index is -0.600. The molecule has 1 N–H and O–H groups in total. The van der Waals surface area contributed by atoms with Crippen molar-refractivity contribution < 1.29 is 19.1 Å². The van der Waals surface area contributed by atoms with Crippen molar-refractivity contribution in [3.05, 3.63) is 60.2 Å². The maximum atomic E-state index is 12.8. The van der Waals surface area contributed by atoms with Crippen molar-refractivity contribution >= 4 is 11.8 Å². The molecule has 0 unspecified atom stereocenters. The third-order valence-corrected chi connectivity index (χ3v) is 4.14. The van der Waals surface area contributed by atoms with E-state index in [0.717, 1.165) is 5.56 Å². The summed E-state index contributed by atoms with van der Waals surface area (Å²) in [4.78, 5) is 26.6. The molecule has 0 aliphatic heterocycles. The van der Waals surface area contributed by atoms with Crippen LogP contribution in [0.4, 0.5) is 0 Å². The molecule has 1 atom stereocenters. The molecule has 27 heavy (non-hydrogen) atoms. The van der Waals surface area contributed by atoms with E-state index in [1.54, 1.807) is 38.3 Å². The molecule has 0 fully saturated rings. The van der Waals surface area contributed by atoms with Gasteiger partial charge in [-0.15, -0.1) is 0 Å². The van der Waals surface area contributed by atoms with Gasteiger partial charge in [0.1, 0.15) is 17.5 Å². The van der Waals surface area contributed by atoms with Crippen LogP contribution in [0.1, 0.15) is 19.4 Å². The van der Waals surface area contributed by atoms with Crippen molar-refractivity contribution in [3.8, 4) is 11.5 Å². The number of methoxy groups -OCH3 is 1. The highest BCUT2D eigenvalue weighted by Crippen LogP contribution is 2.17. The van der Waals surface area contributed by atoms with Crippen LogP contribution in [0.2, 0.25) is 0 Å². The summed E-state index contributed by atoms with van der Waals surface area (Å²) in [6.07, 6.45) is 0. The summed E-state index contributed by atoms with van der Waals surface area (Å²) in [5, 5.41) is 2.77. The number of likely N-dealkylation sites (N-methyl/N-ethyl adjacent to an activating group) is 1. The van der Waals surface area contributed by atoms with Crippen molar-refractivity contribution in [2.75, 3.05) is 20.3 Å². The molecule has 2 amide bonds. The second-order valence-corrected chi connectivity index (χ2v) is 6.04. The largest absolute Gasteiger partial charge is 0.497 e. The van der Waals surface area contributed by atoms with E-state index < -0.39 is 6.04 Å². The minimum absolute atomic E-state index is 0.150. The zero-order chi connectivity index (χ0) is 19.6. The van der Waals surface area contributed by atoms with Crippen molar-refractivity contribution in [1.29, 1.82) is 0 Å². The quantitative estimate of drug-likeness (QED) is 0.737. The third-order valence-electron chi connectivity index (χ3n) is 4.14. The van der Waals surface area contributed by atoms with Crippen LogP contribution in [0.25, 0.3) is 0 Å². The molecular weight excluding hydrogens is 344 g/mol. The van der Waals surface area contributed by atoms with Gasteiger partial charge < -0.3 is 19.7 Å². The Hall–Kier alpha value is -3.02. The van der Waals surface area contributed by atoms with Crippen LogP contribution < -0.4 is 14.8 Å². The molecule has 2 aromatic rings. The lowest BCUT2D eigenvalue weighted by Crippen LogP contribution is -2.49. The Bertz CT molecular complexity index is 732. The molecule has 6 heteroatoms. The zero-order valence-electron chi connectivity index (χ0n) is 16.0. The van der Waals surface area contributed by atoms with Crippen LogP contribution in [-0.2, 0) is 16.1 Å². The van der Waals surface area contributed by atoms with E-state index in [1.165, 1.54) is 4.90 Å². The van der Waals surface area contributed by atoms with Gasteiger partial charge in [0.05, 0.1) is 7.11 Å². The summed E-state index contributed by atoms with van der Waals surface area (Å²) < 4.78 is 10.7. The second-order valence-electron chi connectivity index (χ2n) is 6.04. The first-order valence-corrected chi connectivity index (χ1v) is 8.93. The van der Waals surface area contributed by atoms with Crippen LogP contribution in [-0.4, -0.2) is 43.0 Å². The molecule has 0 bridgehead atoms. The van der Waals surface area contributed by atoms with Gasteiger partial charge in [-0.3, -0.25) is 9.59 Å². The summed E-state index contributed by atoms with van der Waals surface area (Å²) in [6, 6.07) is 16.0. The van der Waals surface area contributed by atoms with Crippen LogP contribution >= 0.6 is 0 Å². The lowest BCUT2D eigenvalue weighted by molar-refractivity contribution is -0.142. The van der Waals surface area contributed by atoms with Crippen LogP contribution in [0.15, 0.2) is 54.6 Å². The number of ether oxygens (including phenoxy) is 2. The first-order chi connectivity index (χ1) is 13.0. The average molecular weight is 370 g/mol. The maximum absolute atomic E-state index is 12.8. The summed E-state index contributed by atoms with van der Waals surface area (Å²) in [6.45, 7) is 4.27. The van der Waals surface area contributed by atoms with Crippen molar-refractivity contribution in [2.24, 2.45) is 0 Å². The highest BCUT2D eigenvalue weighted by Gasteiger charge is 2.26. The SMILES string of the molecule is CCNC(=O)[C@@H](C)N(Cc1ccccc1)C(=O)COc1ccc(OC)cc1. The second kappa shape index (κ2) is 10.2. The Morgan fingerprint density at radius 3 is 2.26 bits per heavy atom. The van der Waals surface area contributed by atoms with E-state index in [0.29, 0.717) is 24.6 Å². The monoisotopic (exact) mass is 370 g/mol. The molecule has 0 saturated heterocycles. The number of benzene rings is 2. The van der Waals surface area contributed by atoms with E-state index in [2.05, 4.69) is 5.32 Å². The summed E-state index contributed by atoms with van der Waals surface area (Å²) in [5.41, 5.74) is 0.950. The predicted molar refractivity (Wildman–Crippen MR) is 104 cm³/mol. The summed E-state index contributed by atoms with van der Waals surface area (Å²) in [5.74, 6) is 0.832. The molecular formula is C21H26N2O4. The van der Waals surface area contributed by atoms with Gasteiger partial charge in [-0.05, 0) is 43.7 Å². The fraction of sp³-hybridized carbons (Fsp3) is 0.333. The van der Waals surface area contributed by atoms with Crippen molar-refractivity contribution in [2.45, 2.75) is 26.4 Å². The van der Waals surface area contributed by atoms with Gasteiger partial charge in [0.15, 0.2) is 6.61 Å². The van der Waals surface area contributed by atoms with Crippen molar-refractivity contribution in [1.82, 2.24) is 10.2 Å². The number of nitrogens with zero attached hydrogens (tertiary/aromatic N) is 1. The molecule has 6 nitrogen and oxygen atoms in total. The molecule has 0 saturated carbocycles. The predicted octanol–water partition coefficient (Wildman–Crippen LogP) is 2.63. The van der Waals surface area contributed by atoms with E-state index >= 15 is 0 Å². The Balaban J connectivity index is 2.07. The van der Waals surface area contributed by atoms with Crippen LogP contribution in [0.3, 0.4) is 0 Å². The highest BCUT2D eigenvalue weighted by atomic mass is 16.5. The van der Waals surface area contributed by atoms with E-state index in [9.17, 15) is 9.59 Å². The number of amides is 2. The molecule has 0 aromatic heterocycles. The topological polar surface area (TPSA) is 67.9 Å². The standard InChI is InChI=1S/C21H26N2O4/c1-4-22-21(25)16(2)23(14-17-8-6-5-7-9-17)20(24)15-27-19-12-10-18(26-3)11-13-19/h5-13,16H,4,14-15H2,1-3H3,(H,22,25)/t16-/m1/s1. The normalized spacial score (nSPS) is 11.4. The van der Waals surface area contributed by atoms with Gasteiger partial charge >= 0.3 is 0 Å². The maximum Gasteiger partial charge on any atom is 0.261 e. The lowest BCUT2D eigenvalue weighted by atomic mass is 10.1. The number of hydrogen-bond donors (Lipinski definition) is 1. The Morgan fingerprint density at radius 1 is 1.04 bits per heavy atom. The van der Waals surface area contributed by atoms with Gasteiger partial charge in [-0.1, -0.05) is 30.3 Å². The fourth-order valence-corrected chi connectivity index (χ4v) is 2.58. The van der Waals surface area contributed by atoms with E-state index in [-0.39, 0.29) is 18.4 Å². The van der Waals surface area contributed by atoms with Crippen LogP contribution in [0, 0.1) is 0 Å². The van der Waals surface area contributed by atoms with Gasteiger partial charge in [0.2, 0.25) is 5.91 Å². The number of carbonyl (C=O) groups excluding carboxylic acids is 2. The fourth-order valence-electron chi connectivity index (χ4n) is 2.58. The van der Waals surface area contributed by atoms with Crippen molar-refractivity contribution in [3.63, 3.8) is 0 Å². The van der Waals surface area contributed by atoms with Crippen LogP contribution in [0.5, 0.6) is 11.5 Å². The number of hydrogen-bond acceptors (Lipinski definition) is 4. The average Bonchev–Trinajstić information content (AvgIpc) is 2.71. The molecule has 2 aromatic carbocycles. The number of nitrogens with one attached hydrogen (secondary N) is 1. The van der Waals surface area contributed by atoms with E-state index in [4.69, 9.17) is 9.47 Å². The number of rotatable bonds is 9. The molecule has 2 rings (SSSR count). The first kappa shape index (κ1) is 20.3. The molecule has 0 aliphatic carbocycles. The Kier molecular flexibility index (Phi) is 7.67. The number of carbonyl (C=O) groups is 2. The van der Waals surface area contributed by atoms with Gasteiger partial charge in [0, 0.05) is 13.1 Å². The molecule has 0 spiro atoms. The van der Waals surface area contributed by atoms with E-state index in [1.807, 2.05) is 37.3 Å². The first-order valence-electron chi connectivity index (χ1n) is 8.93. The smallest absolute Gasteiger partial charge is 0.261 e. The summed E-state index contributed by atoms with van der Waals surface area (Å²) >= 11 is 0. The third kappa shape index (κ3) is 6.02. The van der Waals surface area contributed by atoms with Gasteiger partial charge in [-0.2, -0.15) is 0 Å². The highest BCUT2D eigenvalue weighted by molar-refractivity contribution is 5.87. The van der Waals surface area contributed by atoms with Gasteiger partial charge in [-0.25, -0.2) is 0 Å². The molecule has 0 aliphatic rings. The molecule has 0 radical (unpaired) electrons. The molecule has 0 heterocycles. The minimum Gasteiger partial charge on any atom is -0.497 e. The zero-order valence-corrected chi connectivity index (χ0v) is 16.0. The lowest BCUT2D eigenvalue weighted by Gasteiger charge is -2.28. The molecule has 144 valence electrons. The Morgan fingerprint density at radius 2 is 1.67 bits per heavy atom.